The lowest BCUT2D eigenvalue weighted by molar-refractivity contribution is -0.127. The van der Waals surface area contributed by atoms with E-state index in [0.717, 1.165) is 12.8 Å². The number of allylic oxidation sites excluding steroid dienone is 1. The summed E-state index contributed by atoms with van der Waals surface area (Å²) in [5.41, 5.74) is 7.23. The van der Waals surface area contributed by atoms with Gasteiger partial charge in [-0.15, -0.1) is 0 Å². The van der Waals surface area contributed by atoms with Gasteiger partial charge in [0.2, 0.25) is 5.70 Å². The third kappa shape index (κ3) is 5.52. The Hall–Kier alpha value is -4.71. The molecule has 2 aromatic carbocycles. The Morgan fingerprint density at radius 1 is 1.23 bits per heavy atom. The van der Waals surface area contributed by atoms with E-state index in [9.17, 15) is 4.79 Å². The van der Waals surface area contributed by atoms with E-state index in [1.165, 1.54) is 6.07 Å². The number of para-hydroxylation sites is 1. The van der Waals surface area contributed by atoms with Crippen LogP contribution in [-0.2, 0) is 11.2 Å². The van der Waals surface area contributed by atoms with Crippen molar-refractivity contribution in [3.8, 4) is 22.8 Å². The molecule has 1 atom stereocenters. The predicted molar refractivity (Wildman–Crippen MR) is 152 cm³/mol. The van der Waals surface area contributed by atoms with Crippen LogP contribution in [0.15, 0.2) is 72.7 Å². The number of ether oxygens (including phenoxy) is 1. The molecule has 3 heterocycles. The molecule has 0 unspecified atom stereocenters. The van der Waals surface area contributed by atoms with E-state index >= 15 is 4.39 Å². The molecular weight excluding hydrogens is 507 g/mol. The number of likely N-dealkylation sites (tertiary alicyclic amines) is 1. The van der Waals surface area contributed by atoms with Gasteiger partial charge in [0.1, 0.15) is 40.2 Å². The first-order valence-corrected chi connectivity index (χ1v) is 13.2. The van der Waals surface area contributed by atoms with Gasteiger partial charge in [0, 0.05) is 43.0 Å². The number of anilines is 1. The molecule has 1 aliphatic heterocycles. The maximum atomic E-state index is 15.5. The molecule has 0 bridgehead atoms. The first-order chi connectivity index (χ1) is 19.1. The number of nitrogens with zero attached hydrogens (tertiary/aromatic N) is 5. The second-order valence-corrected chi connectivity index (χ2v) is 11.0. The highest BCUT2D eigenvalue weighted by Crippen LogP contribution is 2.34. The van der Waals surface area contributed by atoms with Gasteiger partial charge in [-0.25, -0.2) is 19.2 Å². The number of halogens is 1. The summed E-state index contributed by atoms with van der Waals surface area (Å²) >= 11 is 0. The van der Waals surface area contributed by atoms with E-state index in [-0.39, 0.29) is 34.4 Å². The van der Waals surface area contributed by atoms with Crippen molar-refractivity contribution in [2.45, 2.75) is 46.1 Å². The summed E-state index contributed by atoms with van der Waals surface area (Å²) in [6.07, 6.45) is 7.07. The number of imidazole rings is 1. The predicted octanol–water partition coefficient (Wildman–Crippen LogP) is 6.29. The average molecular weight is 539 g/mol. The van der Waals surface area contributed by atoms with Crippen LogP contribution in [0.1, 0.15) is 39.4 Å². The van der Waals surface area contributed by atoms with Crippen molar-refractivity contribution in [3.63, 3.8) is 0 Å². The maximum Gasteiger partial charge on any atom is 0.252 e. The Morgan fingerprint density at radius 3 is 2.70 bits per heavy atom. The highest BCUT2D eigenvalue weighted by Gasteiger charge is 2.33. The van der Waals surface area contributed by atoms with Gasteiger partial charge < -0.3 is 15.4 Å². The van der Waals surface area contributed by atoms with Gasteiger partial charge in [0.15, 0.2) is 0 Å². The summed E-state index contributed by atoms with van der Waals surface area (Å²) in [5.74, 6) is 1.05. The van der Waals surface area contributed by atoms with Gasteiger partial charge in [-0.05, 0) is 42.5 Å². The molecule has 0 aliphatic carbocycles. The highest BCUT2D eigenvalue weighted by molar-refractivity contribution is 5.95. The molecule has 2 aromatic heterocycles. The molecule has 1 saturated heterocycles. The van der Waals surface area contributed by atoms with Gasteiger partial charge in [-0.1, -0.05) is 45.0 Å². The van der Waals surface area contributed by atoms with Crippen LogP contribution < -0.4 is 10.5 Å². The van der Waals surface area contributed by atoms with Gasteiger partial charge in [0.05, 0.1) is 6.57 Å². The van der Waals surface area contributed by atoms with Crippen molar-refractivity contribution in [2.24, 2.45) is 5.41 Å². The van der Waals surface area contributed by atoms with Gasteiger partial charge in [-0.3, -0.25) is 9.20 Å². The molecule has 1 aliphatic rings. The molecule has 0 spiro atoms. The number of nitrogen functional groups attached to an aromatic ring is 1. The third-order valence-corrected chi connectivity index (χ3v) is 6.80. The minimum atomic E-state index is -0.505. The van der Waals surface area contributed by atoms with E-state index in [1.54, 1.807) is 47.6 Å². The number of carbonyl (C=O) groups excluding carboxylic acids is 1. The zero-order valence-corrected chi connectivity index (χ0v) is 22.8. The number of fused-ring (bicyclic) bond motifs is 1. The van der Waals surface area contributed by atoms with E-state index in [4.69, 9.17) is 22.0 Å². The molecule has 8 nitrogen and oxygen atoms in total. The molecule has 40 heavy (non-hydrogen) atoms. The summed E-state index contributed by atoms with van der Waals surface area (Å²) in [5, 5.41) is 0. The van der Waals surface area contributed by atoms with Crippen molar-refractivity contribution in [1.29, 1.82) is 0 Å². The lowest BCUT2D eigenvalue weighted by Gasteiger charge is -2.25. The van der Waals surface area contributed by atoms with Crippen LogP contribution >= 0.6 is 0 Å². The SMILES string of the molecule is [C-]#[N+]/C(=C\C(C)(C)C)C(=O)N1CCC[C@H]1Cc1nc(-c2ccc(Oc3ccccc3)cc2F)c2c(N)nccn12. The third-order valence-electron chi connectivity index (χ3n) is 6.80. The Morgan fingerprint density at radius 2 is 2.00 bits per heavy atom. The molecule has 4 aromatic rings. The van der Waals surface area contributed by atoms with Crippen molar-refractivity contribution in [1.82, 2.24) is 19.3 Å². The van der Waals surface area contributed by atoms with Crippen molar-refractivity contribution in [3.05, 3.63) is 95.8 Å². The molecule has 0 saturated carbocycles. The fourth-order valence-corrected chi connectivity index (χ4v) is 5.06. The number of aromatic nitrogens is 3. The van der Waals surface area contributed by atoms with Crippen LogP contribution in [-0.4, -0.2) is 37.8 Å². The van der Waals surface area contributed by atoms with Crippen LogP contribution in [0.4, 0.5) is 10.2 Å². The van der Waals surface area contributed by atoms with Crippen LogP contribution in [0.5, 0.6) is 11.5 Å². The highest BCUT2D eigenvalue weighted by atomic mass is 19.1. The minimum Gasteiger partial charge on any atom is -0.457 e. The largest absolute Gasteiger partial charge is 0.457 e. The smallest absolute Gasteiger partial charge is 0.252 e. The van der Waals surface area contributed by atoms with Gasteiger partial charge in [0.25, 0.3) is 5.91 Å². The summed E-state index contributed by atoms with van der Waals surface area (Å²) in [4.78, 5) is 27.7. The number of benzene rings is 2. The minimum absolute atomic E-state index is 0.126. The van der Waals surface area contributed by atoms with Crippen LogP contribution in [0, 0.1) is 17.8 Å². The standard InChI is InChI=1S/C31H31FN6O2/c1-31(2,3)19-25(34-4)30(39)37-15-8-9-20(37)17-26-36-27(28-29(33)35-14-16-38(26)28)23-13-12-22(18-24(23)32)40-21-10-6-5-7-11-21/h5-7,10-14,16,18-20H,8-9,15,17H2,1-3H3,(H2,33,35)/b25-19-/t20-/m0/s1. The van der Waals surface area contributed by atoms with Crippen molar-refractivity contribution >= 4 is 17.2 Å². The van der Waals surface area contributed by atoms with E-state index in [2.05, 4.69) is 9.83 Å². The topological polar surface area (TPSA) is 90.1 Å². The van der Waals surface area contributed by atoms with Crippen LogP contribution in [0.25, 0.3) is 21.6 Å². The first-order valence-electron chi connectivity index (χ1n) is 13.2. The van der Waals surface area contributed by atoms with Crippen LogP contribution in [0.2, 0.25) is 0 Å². The summed E-state index contributed by atoms with van der Waals surface area (Å²) in [7, 11) is 0. The molecule has 2 N–H and O–H groups in total. The van der Waals surface area contributed by atoms with Crippen molar-refractivity contribution in [2.75, 3.05) is 12.3 Å². The normalized spacial score (nSPS) is 15.8. The Labute approximate surface area is 232 Å². The Balaban J connectivity index is 1.48. The molecule has 1 fully saturated rings. The van der Waals surface area contributed by atoms with E-state index in [1.807, 2.05) is 43.4 Å². The maximum absolute atomic E-state index is 15.5. The van der Waals surface area contributed by atoms with Crippen molar-refractivity contribution < 1.29 is 13.9 Å². The Bertz CT molecular complexity index is 1630. The van der Waals surface area contributed by atoms with E-state index < -0.39 is 5.82 Å². The Kier molecular flexibility index (Phi) is 7.26. The number of carbonyl (C=O) groups is 1. The number of nitrogens with two attached hydrogens (primary N) is 1. The van der Waals surface area contributed by atoms with Gasteiger partial charge in [-0.2, -0.15) is 0 Å². The number of hydrogen-bond acceptors (Lipinski definition) is 5. The first kappa shape index (κ1) is 26.9. The molecule has 204 valence electrons. The molecule has 5 rings (SSSR count). The quantitative estimate of drug-likeness (QED) is 0.230. The lowest BCUT2D eigenvalue weighted by atomic mass is 9.95. The fourth-order valence-electron chi connectivity index (χ4n) is 5.06. The zero-order valence-electron chi connectivity index (χ0n) is 22.8. The second-order valence-electron chi connectivity index (χ2n) is 11.0. The lowest BCUT2D eigenvalue weighted by Crippen LogP contribution is -2.37. The van der Waals surface area contributed by atoms with Gasteiger partial charge >= 0.3 is 0 Å². The monoisotopic (exact) mass is 538 g/mol. The average Bonchev–Trinajstić information content (AvgIpc) is 3.53. The number of amides is 1. The summed E-state index contributed by atoms with van der Waals surface area (Å²) in [6, 6.07) is 13.6. The number of hydrogen-bond donors (Lipinski definition) is 1. The molecule has 9 heteroatoms. The van der Waals surface area contributed by atoms with E-state index in [0.29, 0.717) is 41.5 Å². The summed E-state index contributed by atoms with van der Waals surface area (Å²) in [6.45, 7) is 14.0. The molecule has 1 amide bonds. The zero-order chi connectivity index (χ0) is 28.4. The second kappa shape index (κ2) is 10.8. The fraction of sp³-hybridized carbons (Fsp3) is 0.290. The summed E-state index contributed by atoms with van der Waals surface area (Å²) < 4.78 is 23.1. The number of rotatable bonds is 6. The molecular formula is C31H31FN6O2. The molecule has 0 radical (unpaired) electrons. The van der Waals surface area contributed by atoms with Crippen LogP contribution in [0.3, 0.4) is 0 Å².